The van der Waals surface area contributed by atoms with Gasteiger partial charge in [-0.2, -0.15) is 8.78 Å². The molecule has 106 valence electrons. The molecule has 1 saturated heterocycles. The fourth-order valence-electron chi connectivity index (χ4n) is 2.01. The summed E-state index contributed by atoms with van der Waals surface area (Å²) in [7, 11) is 0. The van der Waals surface area contributed by atoms with Crippen molar-refractivity contribution in [3.63, 3.8) is 0 Å². The van der Waals surface area contributed by atoms with E-state index < -0.39 is 30.3 Å². The average molecular weight is 285 g/mol. The number of aromatic nitrogens is 4. The number of imidazole rings is 1. The van der Waals surface area contributed by atoms with Gasteiger partial charge in [-0.25, -0.2) is 15.0 Å². The maximum absolute atomic E-state index is 12.6. The Bertz CT molecular complexity index is 699. The number of nitrogens with zero attached hydrogens (tertiary/aromatic N) is 4. The predicted octanol–water partition coefficient (Wildman–Crippen LogP) is -0.233. The third-order valence-electron chi connectivity index (χ3n) is 2.98. The van der Waals surface area contributed by atoms with Crippen LogP contribution in [0.5, 0.6) is 0 Å². The second-order valence-corrected chi connectivity index (χ2v) is 4.15. The van der Waals surface area contributed by atoms with E-state index >= 15 is 0 Å². The second-order valence-electron chi connectivity index (χ2n) is 4.15. The van der Waals surface area contributed by atoms with Crippen molar-refractivity contribution in [3.8, 4) is 0 Å². The lowest BCUT2D eigenvalue weighted by molar-refractivity contribution is -0.0124. The lowest BCUT2D eigenvalue weighted by atomic mass is 10.2. The third kappa shape index (κ3) is 1.69. The molecule has 0 amide bonds. The maximum Gasteiger partial charge on any atom is 0.310 e. The van der Waals surface area contributed by atoms with Crippen LogP contribution in [0.15, 0.2) is 24.5 Å². The zero-order chi connectivity index (χ0) is 14.4. The summed E-state index contributed by atoms with van der Waals surface area (Å²) in [4.78, 5) is 11.6. The highest BCUT2D eigenvalue weighted by Gasteiger charge is 2.44. The summed E-state index contributed by atoms with van der Waals surface area (Å²) in [6.45, 7) is 0. The number of rotatable bonds is 1. The number of hydrogen-bond donors (Lipinski definition) is 3. The number of nitrogen functional groups attached to an aromatic ring is 1. The monoisotopic (exact) mass is 285 g/mol. The van der Waals surface area contributed by atoms with Crippen LogP contribution in [0.1, 0.15) is 6.23 Å². The lowest BCUT2D eigenvalue weighted by Crippen LogP contribution is -2.27. The molecule has 1 aliphatic heterocycles. The van der Waals surface area contributed by atoms with Crippen molar-refractivity contribution in [1.82, 2.24) is 19.5 Å². The van der Waals surface area contributed by atoms with Crippen LogP contribution in [-0.4, -0.2) is 41.9 Å². The molecule has 3 atom stereocenters. The Morgan fingerprint density at radius 2 is 2.05 bits per heavy atom. The van der Waals surface area contributed by atoms with E-state index in [0.717, 1.165) is 0 Å². The van der Waals surface area contributed by atoms with E-state index in [2.05, 4.69) is 15.0 Å². The van der Waals surface area contributed by atoms with Crippen molar-refractivity contribution in [2.24, 2.45) is 0 Å². The van der Waals surface area contributed by atoms with Gasteiger partial charge in [0.1, 0.15) is 30.4 Å². The van der Waals surface area contributed by atoms with Gasteiger partial charge in [0, 0.05) is 0 Å². The molecular weight excluding hydrogens is 276 g/mol. The van der Waals surface area contributed by atoms with Crippen LogP contribution in [0, 0.1) is 0 Å². The van der Waals surface area contributed by atoms with Gasteiger partial charge in [0.15, 0.2) is 17.2 Å². The summed E-state index contributed by atoms with van der Waals surface area (Å²) in [6.07, 6.45) is -4.49. The minimum absolute atomic E-state index is 0.106. The quantitative estimate of drug-likeness (QED) is 0.661. The molecule has 8 nitrogen and oxygen atoms in total. The molecule has 4 N–H and O–H groups in total. The average Bonchev–Trinajstić information content (AvgIpc) is 2.94. The minimum Gasteiger partial charge on any atom is -0.463 e. The van der Waals surface area contributed by atoms with Gasteiger partial charge in [-0.05, 0) is 0 Å². The summed E-state index contributed by atoms with van der Waals surface area (Å²) >= 11 is 0. The Labute approximate surface area is 110 Å². The SMILES string of the molecule is Nc1ncnc2c1ncn2[C@@H]1OC(=C(F)F)[C@@H](O)[C@@H]1O. The summed E-state index contributed by atoms with van der Waals surface area (Å²) < 4.78 is 31.2. The maximum atomic E-state index is 12.6. The molecule has 3 heterocycles. The largest absolute Gasteiger partial charge is 0.463 e. The van der Waals surface area contributed by atoms with Gasteiger partial charge in [-0.15, -0.1) is 0 Å². The Hall–Kier alpha value is -2.33. The van der Waals surface area contributed by atoms with Gasteiger partial charge < -0.3 is 20.7 Å². The molecule has 20 heavy (non-hydrogen) atoms. The van der Waals surface area contributed by atoms with Crippen LogP contribution in [0.25, 0.3) is 11.2 Å². The summed E-state index contributed by atoms with van der Waals surface area (Å²) in [6, 6.07) is 0. The van der Waals surface area contributed by atoms with E-state index in [1.54, 1.807) is 0 Å². The highest BCUT2D eigenvalue weighted by molar-refractivity contribution is 5.81. The summed E-state index contributed by atoms with van der Waals surface area (Å²) in [5.41, 5.74) is 6.05. The molecule has 10 heteroatoms. The second kappa shape index (κ2) is 4.35. The number of nitrogens with two attached hydrogens (primary N) is 1. The fraction of sp³-hybridized carbons (Fsp3) is 0.300. The van der Waals surface area contributed by atoms with E-state index in [1.165, 1.54) is 17.2 Å². The van der Waals surface area contributed by atoms with Crippen molar-refractivity contribution < 1.29 is 23.7 Å². The first-order chi connectivity index (χ1) is 9.50. The first kappa shape index (κ1) is 12.7. The first-order valence-electron chi connectivity index (χ1n) is 5.51. The van der Waals surface area contributed by atoms with E-state index in [1.807, 2.05) is 0 Å². The molecule has 0 aliphatic carbocycles. The van der Waals surface area contributed by atoms with Crippen molar-refractivity contribution in [1.29, 1.82) is 0 Å². The highest BCUT2D eigenvalue weighted by Crippen LogP contribution is 2.35. The van der Waals surface area contributed by atoms with Crippen LogP contribution in [0.2, 0.25) is 0 Å². The normalized spacial score (nSPS) is 26.0. The fourth-order valence-corrected chi connectivity index (χ4v) is 2.01. The Morgan fingerprint density at radius 1 is 1.30 bits per heavy atom. The van der Waals surface area contributed by atoms with Crippen LogP contribution < -0.4 is 5.73 Å². The molecule has 1 aliphatic rings. The smallest absolute Gasteiger partial charge is 0.310 e. The Kier molecular flexibility index (Phi) is 2.76. The van der Waals surface area contributed by atoms with Crippen LogP contribution >= 0.6 is 0 Å². The number of aliphatic hydroxyl groups is 2. The predicted molar refractivity (Wildman–Crippen MR) is 61.1 cm³/mol. The molecule has 3 rings (SSSR count). The van der Waals surface area contributed by atoms with Crippen LogP contribution in [0.3, 0.4) is 0 Å². The van der Waals surface area contributed by atoms with Crippen molar-refractivity contribution in [3.05, 3.63) is 24.5 Å². The van der Waals surface area contributed by atoms with Crippen molar-refractivity contribution in [2.75, 3.05) is 5.73 Å². The first-order valence-corrected chi connectivity index (χ1v) is 5.51. The molecule has 0 radical (unpaired) electrons. The summed E-state index contributed by atoms with van der Waals surface area (Å²) in [5, 5.41) is 19.3. The number of halogens is 2. The molecule has 0 spiro atoms. The van der Waals surface area contributed by atoms with E-state index in [0.29, 0.717) is 0 Å². The molecule has 1 fully saturated rings. The summed E-state index contributed by atoms with van der Waals surface area (Å²) in [5.74, 6) is -0.861. The molecule has 0 saturated carbocycles. The van der Waals surface area contributed by atoms with Crippen molar-refractivity contribution in [2.45, 2.75) is 18.4 Å². The van der Waals surface area contributed by atoms with E-state index in [4.69, 9.17) is 10.5 Å². The third-order valence-corrected chi connectivity index (χ3v) is 2.98. The molecule has 2 aromatic heterocycles. The molecule has 0 bridgehead atoms. The molecule has 2 aromatic rings. The standard InChI is InChI=1S/C10H9F2N5O3/c11-7(12)6-4(18)5(19)10(20-6)17-2-16-3-8(13)14-1-15-9(3)17/h1-2,4-5,10,18-19H,(H2,13,14,15)/t4-,5-,10+/m0/s1. The van der Waals surface area contributed by atoms with Gasteiger partial charge in [0.2, 0.25) is 6.23 Å². The number of ether oxygens (including phenoxy) is 1. The van der Waals surface area contributed by atoms with Gasteiger partial charge >= 0.3 is 6.08 Å². The van der Waals surface area contributed by atoms with Gasteiger partial charge in [0.05, 0.1) is 0 Å². The Morgan fingerprint density at radius 3 is 2.70 bits per heavy atom. The zero-order valence-electron chi connectivity index (χ0n) is 9.81. The zero-order valence-corrected chi connectivity index (χ0v) is 9.81. The van der Waals surface area contributed by atoms with E-state index in [-0.39, 0.29) is 17.0 Å². The minimum atomic E-state index is -2.20. The van der Waals surface area contributed by atoms with Gasteiger partial charge in [-0.1, -0.05) is 0 Å². The van der Waals surface area contributed by atoms with Crippen LogP contribution in [-0.2, 0) is 4.74 Å². The van der Waals surface area contributed by atoms with E-state index in [9.17, 15) is 19.0 Å². The van der Waals surface area contributed by atoms with Gasteiger partial charge in [-0.3, -0.25) is 4.57 Å². The van der Waals surface area contributed by atoms with Gasteiger partial charge in [0.25, 0.3) is 0 Å². The lowest BCUT2D eigenvalue weighted by Gasteiger charge is -2.15. The van der Waals surface area contributed by atoms with Crippen molar-refractivity contribution >= 4 is 17.0 Å². The molecular formula is C10H9F2N5O3. The molecule has 0 unspecified atom stereocenters. The number of anilines is 1. The van der Waals surface area contributed by atoms with Crippen LogP contribution in [0.4, 0.5) is 14.6 Å². The number of fused-ring (bicyclic) bond motifs is 1. The molecule has 0 aromatic carbocycles. The highest BCUT2D eigenvalue weighted by atomic mass is 19.3. The number of hydrogen-bond acceptors (Lipinski definition) is 7. The Balaban J connectivity index is 2.09. The number of aliphatic hydroxyl groups excluding tert-OH is 2. The topological polar surface area (TPSA) is 119 Å².